The third-order valence-corrected chi connectivity index (χ3v) is 3.66. The first-order valence-corrected chi connectivity index (χ1v) is 6.93. The van der Waals surface area contributed by atoms with Crippen LogP contribution in [-0.2, 0) is 0 Å². The summed E-state index contributed by atoms with van der Waals surface area (Å²) in [6.07, 6.45) is 5.39. The fourth-order valence-corrected chi connectivity index (χ4v) is 2.53. The third-order valence-electron chi connectivity index (χ3n) is 3.44. The van der Waals surface area contributed by atoms with Crippen LogP contribution in [0.25, 0.3) is 0 Å². The van der Waals surface area contributed by atoms with Gasteiger partial charge in [-0.3, -0.25) is 4.79 Å². The van der Waals surface area contributed by atoms with E-state index in [1.54, 1.807) is 18.3 Å². The first-order valence-electron chi connectivity index (χ1n) is 6.55. The van der Waals surface area contributed by atoms with Gasteiger partial charge in [-0.25, -0.2) is 4.98 Å². The Labute approximate surface area is 113 Å². The molecule has 0 N–H and O–H groups in total. The number of likely N-dealkylation sites (tertiary alicyclic amines) is 1. The molecule has 0 aliphatic carbocycles. The van der Waals surface area contributed by atoms with Gasteiger partial charge in [0.1, 0.15) is 5.15 Å². The summed E-state index contributed by atoms with van der Waals surface area (Å²) in [4.78, 5) is 18.6. The highest BCUT2D eigenvalue weighted by Crippen LogP contribution is 2.15. The van der Waals surface area contributed by atoms with Crippen molar-refractivity contribution in [1.29, 1.82) is 0 Å². The van der Waals surface area contributed by atoms with Gasteiger partial charge in [-0.05, 0) is 38.1 Å². The van der Waals surface area contributed by atoms with E-state index in [1.807, 2.05) is 6.92 Å². The summed E-state index contributed by atoms with van der Waals surface area (Å²) in [6.45, 7) is 5.08. The van der Waals surface area contributed by atoms with E-state index >= 15 is 0 Å². The number of ketones is 1. The molecule has 0 bridgehead atoms. The summed E-state index contributed by atoms with van der Waals surface area (Å²) in [5.74, 6) is 0.177. The summed E-state index contributed by atoms with van der Waals surface area (Å²) in [7, 11) is 0. The maximum atomic E-state index is 12.2. The molecule has 1 aromatic rings. The Balaban J connectivity index is 1.93. The Morgan fingerprint density at radius 1 is 1.39 bits per heavy atom. The number of carbonyl (C=O) groups is 1. The van der Waals surface area contributed by atoms with Crippen LogP contribution in [0.15, 0.2) is 18.3 Å². The predicted molar refractivity (Wildman–Crippen MR) is 73.0 cm³/mol. The Kier molecular flexibility index (Phi) is 4.72. The first kappa shape index (κ1) is 13.5. The number of Topliss-reactive ketones (excluding diaryl/α,β-unsaturated/α-hetero) is 1. The molecule has 1 aliphatic rings. The van der Waals surface area contributed by atoms with E-state index in [4.69, 9.17) is 11.6 Å². The van der Waals surface area contributed by atoms with Crippen molar-refractivity contribution >= 4 is 17.4 Å². The Hall–Kier alpha value is -0.930. The van der Waals surface area contributed by atoms with Gasteiger partial charge in [-0.15, -0.1) is 0 Å². The van der Waals surface area contributed by atoms with E-state index in [9.17, 15) is 4.79 Å². The number of rotatable bonds is 4. The number of carbonyl (C=O) groups excluding carboxylic acids is 1. The number of nitrogens with zero attached hydrogens (tertiary/aromatic N) is 2. The molecule has 18 heavy (non-hydrogen) atoms. The van der Waals surface area contributed by atoms with Crippen LogP contribution < -0.4 is 0 Å². The first-order chi connectivity index (χ1) is 8.66. The smallest absolute Gasteiger partial charge is 0.168 e. The fraction of sp³-hybridized carbons (Fsp3) is 0.571. The van der Waals surface area contributed by atoms with E-state index in [0.717, 1.165) is 19.6 Å². The number of aromatic nitrogens is 1. The molecule has 98 valence electrons. The minimum Gasteiger partial charge on any atom is -0.303 e. The van der Waals surface area contributed by atoms with E-state index in [2.05, 4.69) is 9.88 Å². The van der Waals surface area contributed by atoms with Crippen molar-refractivity contribution in [3.05, 3.63) is 29.0 Å². The molecule has 0 amide bonds. The van der Waals surface area contributed by atoms with Crippen LogP contribution in [0.5, 0.6) is 0 Å². The lowest BCUT2D eigenvalue weighted by Crippen LogP contribution is -2.35. The van der Waals surface area contributed by atoms with Crippen molar-refractivity contribution in [3.63, 3.8) is 0 Å². The maximum absolute atomic E-state index is 12.2. The lowest BCUT2D eigenvalue weighted by Gasteiger charge is -2.28. The van der Waals surface area contributed by atoms with Gasteiger partial charge in [0, 0.05) is 24.2 Å². The quantitative estimate of drug-likeness (QED) is 0.620. The summed E-state index contributed by atoms with van der Waals surface area (Å²) in [5.41, 5.74) is 0.656. The van der Waals surface area contributed by atoms with Crippen LogP contribution in [0.1, 0.15) is 36.5 Å². The molecule has 0 radical (unpaired) electrons. The second-order valence-electron chi connectivity index (χ2n) is 5.00. The molecule has 3 nitrogen and oxygen atoms in total. The topological polar surface area (TPSA) is 33.2 Å². The number of halogens is 1. The van der Waals surface area contributed by atoms with E-state index in [0.29, 0.717) is 10.7 Å². The molecule has 1 aromatic heterocycles. The minimum atomic E-state index is 0.0195. The molecule has 2 rings (SSSR count). The summed E-state index contributed by atoms with van der Waals surface area (Å²) >= 11 is 5.72. The van der Waals surface area contributed by atoms with Gasteiger partial charge in [0.15, 0.2) is 5.78 Å². The molecule has 1 saturated heterocycles. The van der Waals surface area contributed by atoms with Crippen LogP contribution in [0.3, 0.4) is 0 Å². The normalized spacial score (nSPS) is 18.6. The lowest BCUT2D eigenvalue weighted by molar-refractivity contribution is 0.0883. The van der Waals surface area contributed by atoms with Gasteiger partial charge in [0.25, 0.3) is 0 Å². The van der Waals surface area contributed by atoms with Gasteiger partial charge in [0.05, 0.1) is 0 Å². The van der Waals surface area contributed by atoms with Crippen molar-refractivity contribution in [1.82, 2.24) is 9.88 Å². The van der Waals surface area contributed by atoms with Crippen molar-refractivity contribution < 1.29 is 4.79 Å². The highest BCUT2D eigenvalue weighted by Gasteiger charge is 2.20. The highest BCUT2D eigenvalue weighted by atomic mass is 35.5. The molecule has 1 aliphatic heterocycles. The number of piperidine rings is 1. The van der Waals surface area contributed by atoms with Crippen LogP contribution in [0.4, 0.5) is 0 Å². The van der Waals surface area contributed by atoms with Gasteiger partial charge < -0.3 is 4.90 Å². The third kappa shape index (κ3) is 3.53. The van der Waals surface area contributed by atoms with Crippen LogP contribution >= 0.6 is 11.6 Å². The minimum absolute atomic E-state index is 0.0195. The average Bonchev–Trinajstić information content (AvgIpc) is 2.40. The largest absolute Gasteiger partial charge is 0.303 e. The van der Waals surface area contributed by atoms with Gasteiger partial charge >= 0.3 is 0 Å². The van der Waals surface area contributed by atoms with Crippen LogP contribution in [0, 0.1) is 5.92 Å². The molecule has 0 saturated carbocycles. The Morgan fingerprint density at radius 2 is 2.11 bits per heavy atom. The maximum Gasteiger partial charge on any atom is 0.168 e. The van der Waals surface area contributed by atoms with E-state index < -0.39 is 0 Å². The van der Waals surface area contributed by atoms with Crippen molar-refractivity contribution in [2.45, 2.75) is 26.2 Å². The van der Waals surface area contributed by atoms with Crippen molar-refractivity contribution in [2.75, 3.05) is 19.6 Å². The van der Waals surface area contributed by atoms with Crippen LogP contribution in [0.2, 0.25) is 5.15 Å². The SMILES string of the molecule is CC(CN1CCCCC1)C(=O)c1ccc(Cl)nc1. The molecule has 1 fully saturated rings. The molecular weight excluding hydrogens is 248 g/mol. The predicted octanol–water partition coefficient (Wildman–Crippen LogP) is 3.04. The van der Waals surface area contributed by atoms with E-state index in [-0.39, 0.29) is 11.7 Å². The van der Waals surface area contributed by atoms with Crippen molar-refractivity contribution in [2.24, 2.45) is 5.92 Å². The Morgan fingerprint density at radius 3 is 2.72 bits per heavy atom. The zero-order valence-corrected chi connectivity index (χ0v) is 11.5. The zero-order valence-electron chi connectivity index (χ0n) is 10.7. The van der Waals surface area contributed by atoms with E-state index in [1.165, 1.54) is 19.3 Å². The molecule has 0 spiro atoms. The highest BCUT2D eigenvalue weighted by molar-refractivity contribution is 6.29. The monoisotopic (exact) mass is 266 g/mol. The fourth-order valence-electron chi connectivity index (χ4n) is 2.42. The second-order valence-corrected chi connectivity index (χ2v) is 5.38. The van der Waals surface area contributed by atoms with Gasteiger partial charge in [0.2, 0.25) is 0 Å². The molecule has 0 aromatic carbocycles. The second kappa shape index (κ2) is 6.30. The molecule has 2 heterocycles. The summed E-state index contributed by atoms with van der Waals surface area (Å²) < 4.78 is 0. The summed E-state index contributed by atoms with van der Waals surface area (Å²) in [6, 6.07) is 3.42. The standard InChI is InChI=1S/C14H19ClN2O/c1-11(10-17-7-3-2-4-8-17)14(18)12-5-6-13(15)16-9-12/h5-6,9,11H,2-4,7-8,10H2,1H3. The Bertz CT molecular complexity index is 399. The average molecular weight is 267 g/mol. The van der Waals surface area contributed by atoms with Crippen LogP contribution in [-0.4, -0.2) is 35.3 Å². The molecule has 4 heteroatoms. The number of hydrogen-bond donors (Lipinski definition) is 0. The number of pyridine rings is 1. The van der Waals surface area contributed by atoms with Gasteiger partial charge in [-0.2, -0.15) is 0 Å². The molecular formula is C14H19ClN2O. The molecule has 1 unspecified atom stereocenters. The molecule has 1 atom stereocenters. The zero-order chi connectivity index (χ0) is 13.0. The lowest BCUT2D eigenvalue weighted by atomic mass is 9.99. The van der Waals surface area contributed by atoms with Gasteiger partial charge in [-0.1, -0.05) is 24.9 Å². The summed E-state index contributed by atoms with van der Waals surface area (Å²) in [5, 5.41) is 0.426. The van der Waals surface area contributed by atoms with Crippen molar-refractivity contribution in [3.8, 4) is 0 Å². The number of hydrogen-bond acceptors (Lipinski definition) is 3.